The first-order valence-electron chi connectivity index (χ1n) is 10.3. The lowest BCUT2D eigenvalue weighted by Gasteiger charge is -2.17. The minimum Gasteiger partial charge on any atom is -0.494 e. The molecule has 4 rings (SSSR count). The van der Waals surface area contributed by atoms with E-state index < -0.39 is 0 Å². The summed E-state index contributed by atoms with van der Waals surface area (Å²) in [5, 5.41) is 0.525. The van der Waals surface area contributed by atoms with Crippen LogP contribution in [0.25, 0.3) is 16.6 Å². The lowest BCUT2D eigenvalue weighted by molar-refractivity contribution is 0.262. The highest BCUT2D eigenvalue weighted by Crippen LogP contribution is 2.28. The van der Waals surface area contributed by atoms with Gasteiger partial charge in [-0.25, -0.2) is 4.98 Å². The number of methoxy groups -OCH3 is 1. The fourth-order valence-corrected chi connectivity index (χ4v) is 4.19. The zero-order valence-corrected chi connectivity index (χ0v) is 18.3. The second-order valence-corrected chi connectivity index (χ2v) is 8.10. The van der Waals surface area contributed by atoms with Crippen molar-refractivity contribution in [3.63, 3.8) is 0 Å². The number of hydrogen-bond donors (Lipinski definition) is 1. The van der Waals surface area contributed by atoms with Gasteiger partial charge in [0.1, 0.15) is 17.3 Å². The molecular weight excluding hydrogens is 398 g/mol. The summed E-state index contributed by atoms with van der Waals surface area (Å²) in [5.41, 5.74) is 1.15. The Labute approximate surface area is 181 Å². The van der Waals surface area contributed by atoms with Crippen LogP contribution in [0.2, 0.25) is 0 Å². The third-order valence-corrected chi connectivity index (χ3v) is 5.78. The highest BCUT2D eigenvalue weighted by Gasteiger charge is 2.15. The molecule has 30 heavy (non-hydrogen) atoms. The number of aryl methyl sites for hydroxylation is 1. The molecule has 0 amide bonds. The van der Waals surface area contributed by atoms with E-state index in [0.717, 1.165) is 23.6 Å². The van der Waals surface area contributed by atoms with E-state index in [2.05, 4.69) is 22.5 Å². The van der Waals surface area contributed by atoms with Crippen LogP contribution in [-0.4, -0.2) is 47.8 Å². The molecule has 1 aliphatic rings. The lowest BCUT2D eigenvalue weighted by Crippen LogP contribution is -2.23. The van der Waals surface area contributed by atoms with Gasteiger partial charge in [-0.05, 0) is 69.6 Å². The van der Waals surface area contributed by atoms with Crippen molar-refractivity contribution in [2.75, 3.05) is 33.4 Å². The van der Waals surface area contributed by atoms with Crippen LogP contribution in [0, 0.1) is 6.92 Å². The van der Waals surface area contributed by atoms with Crippen LogP contribution >= 0.6 is 12.6 Å². The zero-order valence-electron chi connectivity index (χ0n) is 17.4. The Morgan fingerprint density at radius 2 is 1.93 bits per heavy atom. The molecule has 1 aliphatic heterocycles. The van der Waals surface area contributed by atoms with Crippen molar-refractivity contribution < 1.29 is 9.47 Å². The van der Waals surface area contributed by atoms with Crippen LogP contribution in [0.4, 0.5) is 0 Å². The van der Waals surface area contributed by atoms with E-state index in [4.69, 9.17) is 9.47 Å². The Kier molecular flexibility index (Phi) is 6.29. The first-order chi connectivity index (χ1) is 14.6. The molecule has 6 nitrogen and oxygen atoms in total. The fourth-order valence-electron chi connectivity index (χ4n) is 3.99. The normalized spacial score (nSPS) is 14.4. The predicted molar refractivity (Wildman–Crippen MR) is 122 cm³/mol. The number of fused-ring (bicyclic) bond motifs is 1. The summed E-state index contributed by atoms with van der Waals surface area (Å²) >= 11 is 4.36. The molecule has 158 valence electrons. The van der Waals surface area contributed by atoms with E-state index >= 15 is 0 Å². The molecular formula is C23H27N3O3S. The number of benzene rings is 2. The quantitative estimate of drug-likeness (QED) is 0.460. The maximum absolute atomic E-state index is 13.2. The first kappa shape index (κ1) is 20.8. The minimum absolute atomic E-state index is 0.147. The van der Waals surface area contributed by atoms with E-state index in [1.165, 1.54) is 25.9 Å². The molecule has 3 aromatic rings. The SMILES string of the molecule is COc1cc(OCCCN2CCCC2)ccc1-n1c(C)nc2ccc(S)cc2c1=O. The van der Waals surface area contributed by atoms with Crippen molar-refractivity contribution >= 4 is 23.5 Å². The van der Waals surface area contributed by atoms with Gasteiger partial charge in [0.25, 0.3) is 5.56 Å². The summed E-state index contributed by atoms with van der Waals surface area (Å²) in [6.07, 6.45) is 3.60. The minimum atomic E-state index is -0.147. The zero-order chi connectivity index (χ0) is 21.1. The molecule has 0 N–H and O–H groups in total. The second kappa shape index (κ2) is 9.10. The van der Waals surface area contributed by atoms with E-state index in [0.29, 0.717) is 34.8 Å². The molecule has 2 aromatic carbocycles. The van der Waals surface area contributed by atoms with E-state index in [-0.39, 0.29) is 5.56 Å². The summed E-state index contributed by atoms with van der Waals surface area (Å²) in [7, 11) is 1.59. The molecule has 0 radical (unpaired) electrons. The second-order valence-electron chi connectivity index (χ2n) is 7.59. The first-order valence-corrected chi connectivity index (χ1v) is 10.8. The molecule has 7 heteroatoms. The van der Waals surface area contributed by atoms with Gasteiger partial charge < -0.3 is 14.4 Å². The van der Waals surface area contributed by atoms with Crippen LogP contribution in [0.3, 0.4) is 0 Å². The Hall–Kier alpha value is -2.51. The topological polar surface area (TPSA) is 56.6 Å². The molecule has 1 fully saturated rings. The van der Waals surface area contributed by atoms with Gasteiger partial charge in [0, 0.05) is 17.5 Å². The lowest BCUT2D eigenvalue weighted by atomic mass is 10.2. The number of nitrogens with zero attached hydrogens (tertiary/aromatic N) is 3. The van der Waals surface area contributed by atoms with Crippen LogP contribution < -0.4 is 15.0 Å². The molecule has 1 aromatic heterocycles. The molecule has 0 bridgehead atoms. The van der Waals surface area contributed by atoms with Crippen molar-refractivity contribution in [2.45, 2.75) is 31.1 Å². The standard InChI is InChI=1S/C23H27N3O3S/c1-16-24-20-8-7-18(30)15-19(20)23(27)26(16)21-9-6-17(14-22(21)28-2)29-13-5-12-25-10-3-4-11-25/h6-9,14-15,30H,3-5,10-13H2,1-2H3. The van der Waals surface area contributed by atoms with Gasteiger partial charge in [-0.1, -0.05) is 0 Å². The molecule has 1 saturated heterocycles. The molecule has 0 saturated carbocycles. The van der Waals surface area contributed by atoms with Gasteiger partial charge in [0.05, 0.1) is 30.3 Å². The summed E-state index contributed by atoms with van der Waals surface area (Å²) in [5.74, 6) is 1.89. The molecule has 0 unspecified atom stereocenters. The Morgan fingerprint density at radius 1 is 1.13 bits per heavy atom. The third-order valence-electron chi connectivity index (χ3n) is 5.50. The number of hydrogen-bond acceptors (Lipinski definition) is 6. The average molecular weight is 426 g/mol. The van der Waals surface area contributed by atoms with Crippen LogP contribution in [-0.2, 0) is 0 Å². The summed E-state index contributed by atoms with van der Waals surface area (Å²) in [4.78, 5) is 21.0. The van der Waals surface area contributed by atoms with Crippen molar-refractivity contribution in [1.82, 2.24) is 14.5 Å². The Balaban J connectivity index is 1.58. The largest absolute Gasteiger partial charge is 0.494 e. The van der Waals surface area contributed by atoms with Gasteiger partial charge in [-0.3, -0.25) is 9.36 Å². The molecule has 0 aliphatic carbocycles. The highest BCUT2D eigenvalue weighted by atomic mass is 32.1. The van der Waals surface area contributed by atoms with Gasteiger partial charge >= 0.3 is 0 Å². The number of rotatable bonds is 7. The van der Waals surface area contributed by atoms with Crippen molar-refractivity contribution in [2.24, 2.45) is 0 Å². The van der Waals surface area contributed by atoms with Crippen LogP contribution in [0.15, 0.2) is 46.1 Å². The Morgan fingerprint density at radius 3 is 2.70 bits per heavy atom. The predicted octanol–water partition coefficient (Wildman–Crippen LogP) is 3.86. The number of likely N-dealkylation sites (tertiary alicyclic amines) is 1. The average Bonchev–Trinajstić information content (AvgIpc) is 3.26. The van der Waals surface area contributed by atoms with Crippen LogP contribution in [0.5, 0.6) is 11.5 Å². The third kappa shape index (κ3) is 4.32. The van der Waals surface area contributed by atoms with E-state index in [9.17, 15) is 4.79 Å². The summed E-state index contributed by atoms with van der Waals surface area (Å²) in [6, 6.07) is 10.9. The monoisotopic (exact) mass is 425 g/mol. The Bertz CT molecular complexity index is 1110. The molecule has 2 heterocycles. The maximum atomic E-state index is 13.2. The molecule has 0 atom stereocenters. The number of thiol groups is 1. The van der Waals surface area contributed by atoms with Crippen molar-refractivity contribution in [3.8, 4) is 17.2 Å². The van der Waals surface area contributed by atoms with Crippen molar-refractivity contribution in [1.29, 1.82) is 0 Å². The van der Waals surface area contributed by atoms with Gasteiger partial charge in [-0.15, -0.1) is 12.6 Å². The number of ether oxygens (including phenoxy) is 2. The van der Waals surface area contributed by atoms with E-state index in [1.54, 1.807) is 17.7 Å². The maximum Gasteiger partial charge on any atom is 0.266 e. The van der Waals surface area contributed by atoms with Gasteiger partial charge in [0.15, 0.2) is 0 Å². The van der Waals surface area contributed by atoms with Gasteiger partial charge in [-0.2, -0.15) is 0 Å². The summed E-state index contributed by atoms with van der Waals surface area (Å²) < 4.78 is 13.1. The van der Waals surface area contributed by atoms with Gasteiger partial charge in [0.2, 0.25) is 0 Å². The highest BCUT2D eigenvalue weighted by molar-refractivity contribution is 7.80. The van der Waals surface area contributed by atoms with Crippen molar-refractivity contribution in [3.05, 3.63) is 52.6 Å². The number of aromatic nitrogens is 2. The molecule has 0 spiro atoms. The van der Waals surface area contributed by atoms with E-state index in [1.807, 2.05) is 37.3 Å². The van der Waals surface area contributed by atoms with Crippen LogP contribution in [0.1, 0.15) is 25.1 Å². The summed E-state index contributed by atoms with van der Waals surface area (Å²) in [6.45, 7) is 5.94. The smallest absolute Gasteiger partial charge is 0.266 e. The fraction of sp³-hybridized carbons (Fsp3) is 0.391.